The largest absolute Gasteiger partial charge is 0.324 e. The lowest BCUT2D eigenvalue weighted by Crippen LogP contribution is -2.44. The van der Waals surface area contributed by atoms with Gasteiger partial charge < -0.3 is 4.90 Å². The topological polar surface area (TPSA) is 32.3 Å². The highest BCUT2D eigenvalue weighted by Gasteiger charge is 2.46. The van der Waals surface area contributed by atoms with Gasteiger partial charge in [0.25, 0.3) is 0 Å². The Morgan fingerprint density at radius 3 is 2.78 bits per heavy atom. The predicted molar refractivity (Wildman–Crippen MR) is 81.2 cm³/mol. The molecular formula is C13H24N2OS2. The summed E-state index contributed by atoms with van der Waals surface area (Å²) in [6.07, 6.45) is 2.09. The Kier molecular flexibility index (Phi) is 4.89. The van der Waals surface area contributed by atoms with E-state index in [1.54, 1.807) is 0 Å². The van der Waals surface area contributed by atoms with Gasteiger partial charge in [-0.2, -0.15) is 23.5 Å². The molecule has 2 saturated heterocycles. The maximum Gasteiger partial charge on any atom is 0.243 e. The van der Waals surface area contributed by atoms with E-state index in [0.29, 0.717) is 11.2 Å². The van der Waals surface area contributed by atoms with Crippen molar-refractivity contribution in [3.8, 4) is 0 Å². The molecule has 2 rings (SSSR count). The molecule has 2 fully saturated rings. The molecule has 0 spiro atoms. The zero-order chi connectivity index (χ0) is 13.2. The highest BCUT2D eigenvalue weighted by molar-refractivity contribution is 8.06. The van der Waals surface area contributed by atoms with Gasteiger partial charge in [-0.05, 0) is 19.8 Å². The van der Waals surface area contributed by atoms with Gasteiger partial charge in [0.1, 0.15) is 0 Å². The molecule has 0 bridgehead atoms. The monoisotopic (exact) mass is 288 g/mol. The first kappa shape index (κ1) is 14.5. The van der Waals surface area contributed by atoms with Gasteiger partial charge in [0.2, 0.25) is 5.91 Å². The Morgan fingerprint density at radius 2 is 2.22 bits per heavy atom. The van der Waals surface area contributed by atoms with Gasteiger partial charge >= 0.3 is 0 Å². The van der Waals surface area contributed by atoms with E-state index in [2.05, 4.69) is 24.1 Å². The van der Waals surface area contributed by atoms with Crippen molar-refractivity contribution < 1.29 is 4.79 Å². The van der Waals surface area contributed by atoms with Gasteiger partial charge in [0.05, 0.1) is 11.7 Å². The fraction of sp³-hybridized carbons (Fsp3) is 0.923. The zero-order valence-electron chi connectivity index (χ0n) is 11.6. The van der Waals surface area contributed by atoms with Crippen LogP contribution < -0.4 is 5.32 Å². The molecule has 2 aliphatic rings. The Hall–Kier alpha value is 0.130. The van der Waals surface area contributed by atoms with Crippen molar-refractivity contribution in [2.45, 2.75) is 50.6 Å². The summed E-state index contributed by atoms with van der Waals surface area (Å²) < 4.78 is 0. The van der Waals surface area contributed by atoms with E-state index in [4.69, 9.17) is 0 Å². The number of thioether (sulfide) groups is 2. The van der Waals surface area contributed by atoms with Crippen LogP contribution in [0.25, 0.3) is 0 Å². The molecule has 5 heteroatoms. The molecule has 0 saturated carbocycles. The third kappa shape index (κ3) is 2.83. The van der Waals surface area contributed by atoms with Crippen LogP contribution >= 0.6 is 23.5 Å². The summed E-state index contributed by atoms with van der Waals surface area (Å²) in [4.78, 5) is 14.6. The summed E-state index contributed by atoms with van der Waals surface area (Å²) in [6, 6.07) is 0. The summed E-state index contributed by atoms with van der Waals surface area (Å²) in [7, 11) is 0. The Labute approximate surface area is 119 Å². The lowest BCUT2D eigenvalue weighted by atomic mass is 9.99. The van der Waals surface area contributed by atoms with Gasteiger partial charge in [-0.1, -0.05) is 13.8 Å². The fourth-order valence-corrected chi connectivity index (χ4v) is 5.28. The number of rotatable bonds is 4. The summed E-state index contributed by atoms with van der Waals surface area (Å²) in [6.45, 7) is 7.20. The third-order valence-electron chi connectivity index (χ3n) is 3.97. The number of hydrogen-bond acceptors (Lipinski definition) is 4. The van der Waals surface area contributed by atoms with Crippen molar-refractivity contribution in [3.05, 3.63) is 0 Å². The minimum absolute atomic E-state index is 0.231. The summed E-state index contributed by atoms with van der Waals surface area (Å²) in [5.41, 5.74) is -0.340. The molecule has 18 heavy (non-hydrogen) atoms. The van der Waals surface area contributed by atoms with Crippen LogP contribution in [0, 0.1) is 0 Å². The summed E-state index contributed by atoms with van der Waals surface area (Å²) in [5.74, 6) is 3.98. The van der Waals surface area contributed by atoms with Crippen molar-refractivity contribution in [2.75, 3.05) is 23.8 Å². The molecule has 3 atom stereocenters. The van der Waals surface area contributed by atoms with Crippen molar-refractivity contribution in [1.82, 2.24) is 10.2 Å². The van der Waals surface area contributed by atoms with Crippen LogP contribution in [0.15, 0.2) is 0 Å². The van der Waals surface area contributed by atoms with Crippen molar-refractivity contribution in [1.29, 1.82) is 0 Å². The van der Waals surface area contributed by atoms with Crippen LogP contribution in [0.3, 0.4) is 0 Å². The molecule has 0 aromatic heterocycles. The van der Waals surface area contributed by atoms with E-state index in [9.17, 15) is 4.79 Å². The van der Waals surface area contributed by atoms with E-state index in [1.807, 2.05) is 30.4 Å². The first-order valence-corrected chi connectivity index (χ1v) is 9.09. The molecule has 3 unspecified atom stereocenters. The molecule has 1 N–H and O–H groups in total. The highest BCUT2D eigenvalue weighted by Crippen LogP contribution is 2.30. The molecule has 2 aliphatic heterocycles. The first-order chi connectivity index (χ1) is 8.60. The first-order valence-electron chi connectivity index (χ1n) is 6.89. The Bertz CT molecular complexity index is 307. The van der Waals surface area contributed by atoms with Crippen LogP contribution in [0.2, 0.25) is 0 Å². The van der Waals surface area contributed by atoms with E-state index in [1.165, 1.54) is 17.3 Å². The highest BCUT2D eigenvalue weighted by atomic mass is 32.2. The van der Waals surface area contributed by atoms with Gasteiger partial charge in [0.15, 0.2) is 0 Å². The lowest BCUT2D eigenvalue weighted by Gasteiger charge is -2.29. The molecular weight excluding hydrogens is 264 g/mol. The number of carbonyl (C=O) groups excluding carboxylic acids is 1. The van der Waals surface area contributed by atoms with Crippen molar-refractivity contribution >= 4 is 29.4 Å². The normalized spacial score (nSPS) is 37.3. The second-order valence-electron chi connectivity index (χ2n) is 5.28. The standard InChI is InChI=1S/C13H24N2OS2/c1-4-11-14-13(3,5-2)12(16)15(11)8-10-9-17-6-7-18-10/h10-11,14H,4-9H2,1-3H3. The van der Waals surface area contributed by atoms with E-state index in [0.717, 1.165) is 19.4 Å². The third-order valence-corrected chi connectivity index (χ3v) is 6.80. The number of amides is 1. The molecule has 0 aliphatic carbocycles. The van der Waals surface area contributed by atoms with Crippen LogP contribution in [-0.4, -0.2) is 51.6 Å². The smallest absolute Gasteiger partial charge is 0.243 e. The number of nitrogens with one attached hydrogen (secondary N) is 1. The van der Waals surface area contributed by atoms with Crippen LogP contribution in [0.4, 0.5) is 0 Å². The minimum Gasteiger partial charge on any atom is -0.324 e. The van der Waals surface area contributed by atoms with Crippen LogP contribution in [-0.2, 0) is 4.79 Å². The number of nitrogens with zero attached hydrogens (tertiary/aromatic N) is 1. The Balaban J connectivity index is 2.03. The zero-order valence-corrected chi connectivity index (χ0v) is 13.2. The molecule has 0 radical (unpaired) electrons. The summed E-state index contributed by atoms with van der Waals surface area (Å²) in [5, 5.41) is 4.13. The SMILES string of the molecule is CCC1NC(C)(CC)C(=O)N1CC1CSCCS1. The Morgan fingerprint density at radius 1 is 1.44 bits per heavy atom. The van der Waals surface area contributed by atoms with E-state index in [-0.39, 0.29) is 11.7 Å². The van der Waals surface area contributed by atoms with E-state index < -0.39 is 0 Å². The second kappa shape index (κ2) is 6.06. The van der Waals surface area contributed by atoms with E-state index >= 15 is 0 Å². The summed E-state index contributed by atoms with van der Waals surface area (Å²) >= 11 is 4.05. The fourth-order valence-electron chi connectivity index (χ4n) is 2.61. The number of hydrogen-bond donors (Lipinski definition) is 1. The van der Waals surface area contributed by atoms with Crippen molar-refractivity contribution in [3.63, 3.8) is 0 Å². The molecule has 3 nitrogen and oxygen atoms in total. The van der Waals surface area contributed by atoms with Gasteiger partial charge in [0, 0.05) is 29.1 Å². The predicted octanol–water partition coefficient (Wildman–Crippen LogP) is 2.17. The average Bonchev–Trinajstić information content (AvgIpc) is 2.65. The molecule has 0 aromatic rings. The van der Waals surface area contributed by atoms with Gasteiger partial charge in [-0.15, -0.1) is 0 Å². The van der Waals surface area contributed by atoms with Crippen LogP contribution in [0.5, 0.6) is 0 Å². The van der Waals surface area contributed by atoms with Gasteiger partial charge in [-0.25, -0.2) is 0 Å². The maximum absolute atomic E-state index is 12.5. The van der Waals surface area contributed by atoms with Crippen molar-refractivity contribution in [2.24, 2.45) is 0 Å². The molecule has 2 heterocycles. The lowest BCUT2D eigenvalue weighted by molar-refractivity contribution is -0.132. The molecule has 104 valence electrons. The second-order valence-corrected chi connectivity index (χ2v) is 7.84. The molecule has 1 amide bonds. The average molecular weight is 288 g/mol. The maximum atomic E-state index is 12.5. The minimum atomic E-state index is -0.340. The van der Waals surface area contributed by atoms with Gasteiger partial charge in [-0.3, -0.25) is 10.1 Å². The quantitative estimate of drug-likeness (QED) is 0.859. The van der Waals surface area contributed by atoms with Crippen LogP contribution in [0.1, 0.15) is 33.6 Å². The number of carbonyl (C=O) groups is 1. The molecule has 0 aromatic carbocycles.